The summed E-state index contributed by atoms with van der Waals surface area (Å²) >= 11 is 3.70. The van der Waals surface area contributed by atoms with Crippen molar-refractivity contribution in [3.05, 3.63) is 0 Å². The van der Waals surface area contributed by atoms with Gasteiger partial charge in [-0.05, 0) is 19.3 Å². The van der Waals surface area contributed by atoms with E-state index in [0.717, 1.165) is 32.1 Å². The first-order valence-electron chi connectivity index (χ1n) is 7.23. The number of alkyl halides is 3. The molecule has 0 nitrogen and oxygen atoms in total. The van der Waals surface area contributed by atoms with E-state index in [9.17, 15) is 13.2 Å². The predicted molar refractivity (Wildman–Crippen MR) is 75.3 cm³/mol. The van der Waals surface area contributed by atoms with Crippen LogP contribution in [0.15, 0.2) is 0 Å². The molecular weight excluding hydrogens is 257 g/mol. The zero-order valence-corrected chi connectivity index (χ0v) is 12.1. The normalized spacial score (nSPS) is 13.2. The first-order valence-corrected chi connectivity index (χ1v) is 7.75. The standard InChI is InChI=1S/C14H27F3S/c15-13(16)11-9-7-5-3-1-2-4-6-8-10-12-14(17)18/h13-14,18H,1-12H2. The second-order valence-electron chi connectivity index (χ2n) is 4.94. The van der Waals surface area contributed by atoms with Gasteiger partial charge in [-0.15, -0.1) is 12.6 Å². The summed E-state index contributed by atoms with van der Waals surface area (Å²) in [6.45, 7) is 0. The molecule has 0 radical (unpaired) electrons. The van der Waals surface area contributed by atoms with E-state index in [-0.39, 0.29) is 6.42 Å². The molecule has 0 aliphatic heterocycles. The fourth-order valence-electron chi connectivity index (χ4n) is 2.03. The van der Waals surface area contributed by atoms with E-state index in [2.05, 4.69) is 12.6 Å². The van der Waals surface area contributed by atoms with Crippen LogP contribution >= 0.6 is 12.6 Å². The maximum atomic E-state index is 12.3. The number of halogens is 3. The van der Waals surface area contributed by atoms with Crippen molar-refractivity contribution in [2.45, 2.75) is 89.0 Å². The highest BCUT2D eigenvalue weighted by molar-refractivity contribution is 7.80. The van der Waals surface area contributed by atoms with E-state index in [1.807, 2.05) is 0 Å². The molecular formula is C14H27F3S. The Morgan fingerprint density at radius 3 is 1.22 bits per heavy atom. The molecule has 1 unspecified atom stereocenters. The molecule has 0 saturated heterocycles. The van der Waals surface area contributed by atoms with E-state index in [1.54, 1.807) is 0 Å². The lowest BCUT2D eigenvalue weighted by molar-refractivity contribution is 0.133. The van der Waals surface area contributed by atoms with E-state index in [0.29, 0.717) is 12.8 Å². The molecule has 0 bridgehead atoms. The molecule has 0 N–H and O–H groups in total. The Morgan fingerprint density at radius 1 is 0.556 bits per heavy atom. The Labute approximate surface area is 115 Å². The van der Waals surface area contributed by atoms with Gasteiger partial charge < -0.3 is 0 Å². The van der Waals surface area contributed by atoms with Gasteiger partial charge in [0.15, 0.2) is 0 Å². The van der Waals surface area contributed by atoms with Gasteiger partial charge in [-0.3, -0.25) is 0 Å². The number of thiol groups is 1. The Kier molecular flexibility index (Phi) is 13.7. The quantitative estimate of drug-likeness (QED) is 0.304. The van der Waals surface area contributed by atoms with Gasteiger partial charge >= 0.3 is 0 Å². The van der Waals surface area contributed by atoms with Crippen molar-refractivity contribution < 1.29 is 13.2 Å². The molecule has 0 aliphatic rings. The van der Waals surface area contributed by atoms with Crippen molar-refractivity contribution in [1.82, 2.24) is 0 Å². The van der Waals surface area contributed by atoms with Crippen molar-refractivity contribution in [3.8, 4) is 0 Å². The topological polar surface area (TPSA) is 0 Å². The largest absolute Gasteiger partial charge is 0.238 e. The summed E-state index contributed by atoms with van der Waals surface area (Å²) in [7, 11) is 0. The van der Waals surface area contributed by atoms with Crippen LogP contribution in [-0.2, 0) is 0 Å². The number of hydrogen-bond donors (Lipinski definition) is 1. The molecule has 0 rings (SSSR count). The predicted octanol–water partition coefficient (Wildman–Crippen LogP) is 6.16. The highest BCUT2D eigenvalue weighted by Crippen LogP contribution is 2.14. The van der Waals surface area contributed by atoms with Crippen LogP contribution in [0.1, 0.15) is 77.0 Å². The van der Waals surface area contributed by atoms with Gasteiger partial charge in [-0.1, -0.05) is 51.4 Å². The first kappa shape index (κ1) is 18.1. The van der Waals surface area contributed by atoms with Crippen LogP contribution in [0, 0.1) is 0 Å². The van der Waals surface area contributed by atoms with E-state index >= 15 is 0 Å². The van der Waals surface area contributed by atoms with Gasteiger partial charge in [0.1, 0.15) is 5.50 Å². The van der Waals surface area contributed by atoms with Crippen LogP contribution in [0.4, 0.5) is 13.2 Å². The van der Waals surface area contributed by atoms with Gasteiger partial charge in [0.25, 0.3) is 0 Å². The van der Waals surface area contributed by atoms with Gasteiger partial charge in [-0.25, -0.2) is 13.2 Å². The monoisotopic (exact) mass is 284 g/mol. The average molecular weight is 284 g/mol. The van der Waals surface area contributed by atoms with Crippen LogP contribution in [0.2, 0.25) is 0 Å². The second-order valence-corrected chi connectivity index (χ2v) is 5.50. The third kappa shape index (κ3) is 16.1. The zero-order valence-electron chi connectivity index (χ0n) is 11.2. The Hall–Kier alpha value is 0.140. The third-order valence-electron chi connectivity index (χ3n) is 3.11. The maximum Gasteiger partial charge on any atom is 0.238 e. The minimum atomic E-state index is -2.13. The number of rotatable bonds is 13. The minimum absolute atomic E-state index is 0.0563. The molecule has 0 fully saturated rings. The lowest BCUT2D eigenvalue weighted by Gasteiger charge is -2.03. The van der Waals surface area contributed by atoms with Crippen molar-refractivity contribution in [2.75, 3.05) is 0 Å². The van der Waals surface area contributed by atoms with Crippen LogP contribution in [-0.4, -0.2) is 11.9 Å². The summed E-state index contributed by atoms with van der Waals surface area (Å²) in [5.41, 5.74) is -0.960. The minimum Gasteiger partial charge on any atom is -0.236 e. The average Bonchev–Trinajstić information content (AvgIpc) is 2.29. The summed E-state index contributed by atoms with van der Waals surface area (Å²) < 4.78 is 36.0. The molecule has 0 spiro atoms. The maximum absolute atomic E-state index is 12.3. The van der Waals surface area contributed by atoms with Crippen LogP contribution in [0.5, 0.6) is 0 Å². The summed E-state index contributed by atoms with van der Waals surface area (Å²) in [6.07, 6.45) is 9.14. The van der Waals surface area contributed by atoms with E-state index in [4.69, 9.17) is 0 Å². The molecule has 0 aromatic carbocycles. The highest BCUT2D eigenvalue weighted by Gasteiger charge is 2.01. The Morgan fingerprint density at radius 2 is 0.889 bits per heavy atom. The van der Waals surface area contributed by atoms with Crippen molar-refractivity contribution in [1.29, 1.82) is 0 Å². The summed E-state index contributed by atoms with van der Waals surface area (Å²) in [6, 6.07) is 0. The molecule has 0 heterocycles. The fourth-order valence-corrected chi connectivity index (χ4v) is 2.21. The van der Waals surface area contributed by atoms with E-state index in [1.165, 1.54) is 25.7 Å². The van der Waals surface area contributed by atoms with E-state index < -0.39 is 11.9 Å². The molecule has 18 heavy (non-hydrogen) atoms. The summed E-state index contributed by atoms with van der Waals surface area (Å²) in [5.74, 6) is 0. The van der Waals surface area contributed by atoms with Gasteiger partial charge in [0, 0.05) is 6.42 Å². The number of hydrogen-bond acceptors (Lipinski definition) is 1. The van der Waals surface area contributed by atoms with Crippen molar-refractivity contribution in [2.24, 2.45) is 0 Å². The van der Waals surface area contributed by atoms with Crippen molar-refractivity contribution in [3.63, 3.8) is 0 Å². The van der Waals surface area contributed by atoms with Gasteiger partial charge in [0.2, 0.25) is 6.43 Å². The van der Waals surface area contributed by atoms with Crippen LogP contribution in [0.25, 0.3) is 0 Å². The molecule has 110 valence electrons. The molecule has 0 aromatic rings. The van der Waals surface area contributed by atoms with Crippen LogP contribution < -0.4 is 0 Å². The first-order chi connectivity index (χ1) is 8.63. The molecule has 0 amide bonds. The molecule has 0 aromatic heterocycles. The SMILES string of the molecule is FC(F)CCCCCCCCCCCCC(F)S. The summed E-state index contributed by atoms with van der Waals surface area (Å²) in [4.78, 5) is 0. The molecule has 1 atom stereocenters. The van der Waals surface area contributed by atoms with Gasteiger partial charge in [-0.2, -0.15) is 0 Å². The lowest BCUT2D eigenvalue weighted by atomic mass is 10.1. The second kappa shape index (κ2) is 13.6. The smallest absolute Gasteiger partial charge is 0.236 e. The lowest BCUT2D eigenvalue weighted by Crippen LogP contribution is -1.90. The van der Waals surface area contributed by atoms with Gasteiger partial charge in [0.05, 0.1) is 0 Å². The zero-order chi connectivity index (χ0) is 13.6. The fraction of sp³-hybridized carbons (Fsp3) is 1.00. The Balaban J connectivity index is 2.95. The molecule has 0 saturated carbocycles. The number of unbranched alkanes of at least 4 members (excludes halogenated alkanes) is 9. The molecule has 4 heteroatoms. The summed E-state index contributed by atoms with van der Waals surface area (Å²) in [5, 5.41) is 0. The van der Waals surface area contributed by atoms with Crippen molar-refractivity contribution >= 4 is 12.6 Å². The molecule has 0 aliphatic carbocycles. The van der Waals surface area contributed by atoms with Crippen LogP contribution in [0.3, 0.4) is 0 Å². The third-order valence-corrected chi connectivity index (χ3v) is 3.37. The Bertz CT molecular complexity index is 145. The highest BCUT2D eigenvalue weighted by atomic mass is 32.1.